The molecule has 0 aliphatic carbocycles. The standard InChI is InChI=1S/C15H15NO3S/c1-2-18-15(17)14-11(16)8-13(20-14)10-3-4-12-9(7-10)5-6-19-12/h3-4,7-8H,2,5-6,16H2,1H3. The van der Waals surface area contributed by atoms with Crippen LogP contribution < -0.4 is 10.5 Å². The van der Waals surface area contributed by atoms with Crippen LogP contribution in [0.25, 0.3) is 10.4 Å². The molecule has 0 spiro atoms. The Morgan fingerprint density at radius 2 is 2.30 bits per heavy atom. The Bertz CT molecular complexity index is 663. The number of anilines is 1. The quantitative estimate of drug-likeness (QED) is 0.882. The van der Waals surface area contributed by atoms with E-state index < -0.39 is 0 Å². The van der Waals surface area contributed by atoms with E-state index in [0.29, 0.717) is 17.2 Å². The molecule has 2 N–H and O–H groups in total. The number of benzene rings is 1. The largest absolute Gasteiger partial charge is 0.493 e. The monoisotopic (exact) mass is 289 g/mol. The normalized spacial score (nSPS) is 12.8. The van der Waals surface area contributed by atoms with Crippen molar-refractivity contribution in [2.75, 3.05) is 18.9 Å². The average molecular weight is 289 g/mol. The van der Waals surface area contributed by atoms with E-state index in [2.05, 4.69) is 6.07 Å². The SMILES string of the molecule is CCOC(=O)c1sc(-c2ccc3c(c2)CCO3)cc1N. The summed E-state index contributed by atoms with van der Waals surface area (Å²) >= 11 is 1.37. The van der Waals surface area contributed by atoms with E-state index in [1.54, 1.807) is 6.92 Å². The van der Waals surface area contributed by atoms with Crippen molar-refractivity contribution in [1.29, 1.82) is 0 Å². The molecule has 2 aromatic rings. The maximum Gasteiger partial charge on any atom is 0.350 e. The fourth-order valence-electron chi connectivity index (χ4n) is 2.24. The molecular formula is C15H15NO3S. The number of nitrogen functional groups attached to an aromatic ring is 1. The van der Waals surface area contributed by atoms with Crippen molar-refractivity contribution in [2.24, 2.45) is 0 Å². The summed E-state index contributed by atoms with van der Waals surface area (Å²) in [6, 6.07) is 7.89. The molecule has 3 rings (SSSR count). The van der Waals surface area contributed by atoms with E-state index in [1.165, 1.54) is 16.9 Å². The molecule has 0 radical (unpaired) electrons. The van der Waals surface area contributed by atoms with Crippen molar-refractivity contribution in [1.82, 2.24) is 0 Å². The number of esters is 1. The summed E-state index contributed by atoms with van der Waals surface area (Å²) in [6.45, 7) is 2.87. The van der Waals surface area contributed by atoms with Crippen molar-refractivity contribution >= 4 is 23.0 Å². The number of hydrogen-bond acceptors (Lipinski definition) is 5. The Morgan fingerprint density at radius 1 is 1.45 bits per heavy atom. The summed E-state index contributed by atoms with van der Waals surface area (Å²) in [5.74, 6) is 0.592. The van der Waals surface area contributed by atoms with Crippen LogP contribution in [0.4, 0.5) is 5.69 Å². The van der Waals surface area contributed by atoms with Crippen molar-refractivity contribution in [2.45, 2.75) is 13.3 Å². The first-order valence-corrected chi connectivity index (χ1v) is 7.33. The Balaban J connectivity index is 1.95. The van der Waals surface area contributed by atoms with E-state index >= 15 is 0 Å². The van der Waals surface area contributed by atoms with Crippen molar-refractivity contribution in [3.63, 3.8) is 0 Å². The summed E-state index contributed by atoms with van der Waals surface area (Å²) in [6.07, 6.45) is 0.925. The summed E-state index contributed by atoms with van der Waals surface area (Å²) in [5, 5.41) is 0. The lowest BCUT2D eigenvalue weighted by Gasteiger charge is -2.01. The Labute approximate surface area is 121 Å². The van der Waals surface area contributed by atoms with Gasteiger partial charge in [0.15, 0.2) is 0 Å². The van der Waals surface area contributed by atoms with Gasteiger partial charge in [-0.15, -0.1) is 11.3 Å². The maximum absolute atomic E-state index is 11.8. The predicted molar refractivity (Wildman–Crippen MR) is 79.3 cm³/mol. The number of thiophene rings is 1. The Morgan fingerprint density at radius 3 is 3.10 bits per heavy atom. The lowest BCUT2D eigenvalue weighted by molar-refractivity contribution is 0.0533. The van der Waals surface area contributed by atoms with Gasteiger partial charge in [0, 0.05) is 11.3 Å². The van der Waals surface area contributed by atoms with Gasteiger partial charge in [0.05, 0.1) is 18.9 Å². The van der Waals surface area contributed by atoms with Crippen LogP contribution in [0.5, 0.6) is 5.75 Å². The van der Waals surface area contributed by atoms with Crippen LogP contribution in [0.1, 0.15) is 22.2 Å². The average Bonchev–Trinajstić information content (AvgIpc) is 3.04. The van der Waals surface area contributed by atoms with Gasteiger partial charge in [-0.05, 0) is 42.3 Å². The highest BCUT2D eigenvalue weighted by atomic mass is 32.1. The lowest BCUT2D eigenvalue weighted by Crippen LogP contribution is -2.04. The first-order valence-electron chi connectivity index (χ1n) is 6.51. The van der Waals surface area contributed by atoms with Crippen LogP contribution in [0.15, 0.2) is 24.3 Å². The molecule has 2 heterocycles. The van der Waals surface area contributed by atoms with Gasteiger partial charge < -0.3 is 15.2 Å². The number of nitrogens with two attached hydrogens (primary N) is 1. The molecule has 104 valence electrons. The van der Waals surface area contributed by atoms with Gasteiger partial charge in [-0.2, -0.15) is 0 Å². The van der Waals surface area contributed by atoms with Crippen LogP contribution in [-0.2, 0) is 11.2 Å². The Kier molecular flexibility index (Phi) is 3.36. The van der Waals surface area contributed by atoms with Gasteiger partial charge in [-0.25, -0.2) is 4.79 Å². The molecule has 0 bridgehead atoms. The first kappa shape index (κ1) is 13.0. The zero-order chi connectivity index (χ0) is 14.1. The fraction of sp³-hybridized carbons (Fsp3) is 0.267. The summed E-state index contributed by atoms with van der Waals surface area (Å²) in [4.78, 5) is 13.2. The maximum atomic E-state index is 11.8. The molecule has 0 saturated heterocycles. The van der Waals surface area contributed by atoms with Crippen LogP contribution in [0, 0.1) is 0 Å². The molecule has 0 fully saturated rings. The molecule has 0 unspecified atom stereocenters. The highest BCUT2D eigenvalue weighted by Gasteiger charge is 2.18. The van der Waals surface area contributed by atoms with E-state index in [1.807, 2.05) is 18.2 Å². The predicted octanol–water partition coefficient (Wildman–Crippen LogP) is 3.11. The molecule has 0 saturated carbocycles. The topological polar surface area (TPSA) is 61.5 Å². The van der Waals surface area contributed by atoms with Gasteiger partial charge in [0.25, 0.3) is 0 Å². The molecule has 20 heavy (non-hydrogen) atoms. The van der Waals surface area contributed by atoms with Gasteiger partial charge in [0.1, 0.15) is 10.6 Å². The van der Waals surface area contributed by atoms with Gasteiger partial charge in [-0.1, -0.05) is 0 Å². The van der Waals surface area contributed by atoms with E-state index in [0.717, 1.165) is 29.2 Å². The highest BCUT2D eigenvalue weighted by Crippen LogP contribution is 2.36. The van der Waals surface area contributed by atoms with Crippen molar-refractivity contribution in [3.8, 4) is 16.2 Å². The van der Waals surface area contributed by atoms with Crippen LogP contribution in [0.3, 0.4) is 0 Å². The first-order chi connectivity index (χ1) is 9.69. The third-order valence-corrected chi connectivity index (χ3v) is 4.38. The highest BCUT2D eigenvalue weighted by molar-refractivity contribution is 7.18. The van der Waals surface area contributed by atoms with E-state index in [-0.39, 0.29) is 5.97 Å². The molecule has 0 atom stereocenters. The van der Waals surface area contributed by atoms with E-state index in [4.69, 9.17) is 15.2 Å². The molecule has 1 aromatic carbocycles. The third kappa shape index (κ3) is 2.25. The second-order valence-corrected chi connectivity index (χ2v) is 5.59. The number of carbonyl (C=O) groups is 1. The van der Waals surface area contributed by atoms with Crippen LogP contribution in [-0.4, -0.2) is 19.2 Å². The van der Waals surface area contributed by atoms with Crippen molar-refractivity contribution in [3.05, 3.63) is 34.7 Å². The minimum atomic E-state index is -0.356. The molecule has 4 nitrogen and oxygen atoms in total. The Hall–Kier alpha value is -2.01. The zero-order valence-electron chi connectivity index (χ0n) is 11.1. The molecule has 1 aromatic heterocycles. The smallest absolute Gasteiger partial charge is 0.350 e. The van der Waals surface area contributed by atoms with Crippen LogP contribution in [0.2, 0.25) is 0 Å². The molecule has 0 amide bonds. The van der Waals surface area contributed by atoms with Crippen LogP contribution >= 0.6 is 11.3 Å². The minimum Gasteiger partial charge on any atom is -0.493 e. The summed E-state index contributed by atoms with van der Waals surface area (Å²) < 4.78 is 10.5. The number of hydrogen-bond donors (Lipinski definition) is 1. The van der Waals surface area contributed by atoms with Gasteiger partial charge in [-0.3, -0.25) is 0 Å². The van der Waals surface area contributed by atoms with Crippen molar-refractivity contribution < 1.29 is 14.3 Å². The number of fused-ring (bicyclic) bond motifs is 1. The summed E-state index contributed by atoms with van der Waals surface area (Å²) in [5.41, 5.74) is 8.64. The fourth-order valence-corrected chi connectivity index (χ4v) is 3.21. The molecule has 1 aliphatic rings. The molecule has 1 aliphatic heterocycles. The third-order valence-electron chi connectivity index (χ3n) is 3.20. The number of ether oxygens (including phenoxy) is 2. The second-order valence-electron chi connectivity index (χ2n) is 4.54. The second kappa shape index (κ2) is 5.17. The zero-order valence-corrected chi connectivity index (χ0v) is 12.0. The van der Waals surface area contributed by atoms with Gasteiger partial charge >= 0.3 is 5.97 Å². The number of rotatable bonds is 3. The lowest BCUT2D eigenvalue weighted by atomic mass is 10.1. The van der Waals surface area contributed by atoms with E-state index in [9.17, 15) is 4.79 Å². The molecule has 5 heteroatoms. The molecular weight excluding hydrogens is 274 g/mol. The number of carbonyl (C=O) groups excluding carboxylic acids is 1. The van der Waals surface area contributed by atoms with Gasteiger partial charge in [0.2, 0.25) is 0 Å². The minimum absolute atomic E-state index is 0.349. The summed E-state index contributed by atoms with van der Waals surface area (Å²) in [7, 11) is 0.